The van der Waals surface area contributed by atoms with Crippen molar-refractivity contribution in [3.63, 3.8) is 0 Å². The maximum atomic E-state index is 12.6. The molecular weight excluding hydrogens is 378 g/mol. The van der Waals surface area contributed by atoms with Crippen LogP contribution in [0.25, 0.3) is 0 Å². The first-order valence-electron chi connectivity index (χ1n) is 8.04. The molecule has 0 spiro atoms. The van der Waals surface area contributed by atoms with Crippen molar-refractivity contribution in [2.45, 2.75) is 4.90 Å². The van der Waals surface area contributed by atoms with E-state index in [9.17, 15) is 13.2 Å². The number of carbonyl (C=O) groups is 1. The Morgan fingerprint density at radius 1 is 1.12 bits per heavy atom. The van der Waals surface area contributed by atoms with Crippen molar-refractivity contribution >= 4 is 27.5 Å². The number of para-hydroxylation sites is 1. The smallest absolute Gasteiger partial charge is 0.260 e. The topological polar surface area (TPSA) is 79.8 Å². The molecule has 0 bridgehead atoms. The second-order valence-electron chi connectivity index (χ2n) is 5.69. The van der Waals surface area contributed by atoms with Crippen LogP contribution in [0.5, 0.6) is 5.75 Å². The average molecular weight is 396 g/mol. The van der Waals surface area contributed by atoms with E-state index in [-0.39, 0.29) is 30.5 Å². The van der Waals surface area contributed by atoms with Crippen molar-refractivity contribution in [1.29, 1.82) is 0 Å². The van der Waals surface area contributed by atoms with Gasteiger partial charge in [-0.2, -0.15) is 4.31 Å². The molecule has 1 aromatic carbocycles. The fourth-order valence-electron chi connectivity index (χ4n) is 2.62. The van der Waals surface area contributed by atoms with Crippen LogP contribution in [0.3, 0.4) is 0 Å². The number of hydrogen-bond acceptors (Lipinski definition) is 5. The van der Waals surface area contributed by atoms with E-state index in [0.717, 1.165) is 0 Å². The van der Waals surface area contributed by atoms with Gasteiger partial charge < -0.3 is 9.64 Å². The number of hydrogen-bond donors (Lipinski definition) is 0. The van der Waals surface area contributed by atoms with Gasteiger partial charge in [-0.15, -0.1) is 0 Å². The average Bonchev–Trinajstić information content (AvgIpc) is 2.68. The largest absolute Gasteiger partial charge is 0.482 e. The second-order valence-corrected chi connectivity index (χ2v) is 8.04. The number of carbonyl (C=O) groups excluding carboxylic acids is 1. The summed E-state index contributed by atoms with van der Waals surface area (Å²) in [6.45, 7) is 0.942. The number of halogens is 1. The Balaban J connectivity index is 1.55. The Hall–Kier alpha value is -2.16. The lowest BCUT2D eigenvalue weighted by Gasteiger charge is -2.33. The van der Waals surface area contributed by atoms with E-state index in [0.29, 0.717) is 23.9 Å². The third kappa shape index (κ3) is 4.14. The van der Waals surface area contributed by atoms with Crippen LogP contribution in [-0.2, 0) is 14.8 Å². The summed E-state index contributed by atoms with van der Waals surface area (Å²) in [6.07, 6.45) is 2.85. The number of rotatable bonds is 5. The Morgan fingerprint density at radius 3 is 2.50 bits per heavy atom. The van der Waals surface area contributed by atoms with Gasteiger partial charge >= 0.3 is 0 Å². The first kappa shape index (κ1) is 18.6. The third-order valence-corrected chi connectivity index (χ3v) is 6.25. The molecule has 3 rings (SSSR count). The number of piperazine rings is 1. The first-order valence-corrected chi connectivity index (χ1v) is 9.85. The fraction of sp³-hybridized carbons (Fsp3) is 0.294. The summed E-state index contributed by atoms with van der Waals surface area (Å²) >= 11 is 5.99. The van der Waals surface area contributed by atoms with Crippen LogP contribution in [-0.4, -0.2) is 61.3 Å². The van der Waals surface area contributed by atoms with Gasteiger partial charge in [0.25, 0.3) is 5.91 Å². The summed E-state index contributed by atoms with van der Waals surface area (Å²) in [5.74, 6) is 0.239. The predicted molar refractivity (Wildman–Crippen MR) is 96.5 cm³/mol. The number of ether oxygens (including phenoxy) is 1. The van der Waals surface area contributed by atoms with Gasteiger partial charge in [-0.1, -0.05) is 23.7 Å². The van der Waals surface area contributed by atoms with E-state index in [1.807, 2.05) is 0 Å². The van der Waals surface area contributed by atoms with Crippen LogP contribution in [0.4, 0.5) is 0 Å². The highest BCUT2D eigenvalue weighted by Crippen LogP contribution is 2.23. The molecule has 0 saturated carbocycles. The molecule has 1 aromatic heterocycles. The molecule has 0 unspecified atom stereocenters. The normalized spacial score (nSPS) is 15.7. The minimum absolute atomic E-state index is 0.140. The molecule has 0 aliphatic carbocycles. The quantitative estimate of drug-likeness (QED) is 0.769. The molecule has 0 N–H and O–H groups in total. The Bertz CT molecular complexity index is 869. The van der Waals surface area contributed by atoms with Gasteiger partial charge in [-0.05, 0) is 24.3 Å². The van der Waals surface area contributed by atoms with Crippen LogP contribution in [0.1, 0.15) is 0 Å². The van der Waals surface area contributed by atoms with Crippen LogP contribution >= 0.6 is 11.6 Å². The predicted octanol–water partition coefficient (Wildman–Crippen LogP) is 1.65. The second kappa shape index (κ2) is 8.03. The fourth-order valence-corrected chi connectivity index (χ4v) is 4.20. The van der Waals surface area contributed by atoms with Gasteiger partial charge in [0.2, 0.25) is 10.0 Å². The van der Waals surface area contributed by atoms with Gasteiger partial charge in [-0.3, -0.25) is 9.78 Å². The zero-order valence-corrected chi connectivity index (χ0v) is 15.5. The highest BCUT2D eigenvalue weighted by Gasteiger charge is 2.30. The summed E-state index contributed by atoms with van der Waals surface area (Å²) in [7, 11) is -3.59. The molecule has 9 heteroatoms. The highest BCUT2D eigenvalue weighted by molar-refractivity contribution is 7.89. The molecule has 2 heterocycles. The lowest BCUT2D eigenvalue weighted by atomic mass is 10.3. The molecule has 0 atom stereocenters. The summed E-state index contributed by atoms with van der Waals surface area (Å²) in [4.78, 5) is 17.9. The maximum absolute atomic E-state index is 12.6. The van der Waals surface area contributed by atoms with Gasteiger partial charge in [0.15, 0.2) is 6.61 Å². The van der Waals surface area contributed by atoms with E-state index in [4.69, 9.17) is 16.3 Å². The summed E-state index contributed by atoms with van der Waals surface area (Å²) in [6, 6.07) is 10.0. The number of benzene rings is 1. The molecule has 26 heavy (non-hydrogen) atoms. The number of nitrogens with zero attached hydrogens (tertiary/aromatic N) is 3. The first-order chi connectivity index (χ1) is 12.5. The molecule has 2 aromatic rings. The van der Waals surface area contributed by atoms with Crippen molar-refractivity contribution < 1.29 is 17.9 Å². The molecule has 0 radical (unpaired) electrons. The molecule has 1 amide bonds. The van der Waals surface area contributed by atoms with E-state index in [2.05, 4.69) is 4.98 Å². The Morgan fingerprint density at radius 2 is 1.85 bits per heavy atom. The number of amides is 1. The van der Waals surface area contributed by atoms with Gasteiger partial charge in [0, 0.05) is 38.6 Å². The minimum atomic E-state index is -3.59. The molecule has 7 nitrogen and oxygen atoms in total. The summed E-state index contributed by atoms with van der Waals surface area (Å²) < 4.78 is 31.9. The van der Waals surface area contributed by atoms with Gasteiger partial charge in [-0.25, -0.2) is 8.42 Å². The molecule has 1 aliphatic heterocycles. The zero-order valence-electron chi connectivity index (χ0n) is 13.9. The van der Waals surface area contributed by atoms with Crippen LogP contribution in [0, 0.1) is 0 Å². The minimum Gasteiger partial charge on any atom is -0.482 e. The lowest BCUT2D eigenvalue weighted by Crippen LogP contribution is -2.51. The number of pyridine rings is 1. The van der Waals surface area contributed by atoms with Crippen LogP contribution < -0.4 is 4.74 Å². The SMILES string of the molecule is O=C(COc1ccccc1Cl)N1CCN(S(=O)(=O)c2cccnc2)CC1. The van der Waals surface area contributed by atoms with Crippen LogP contribution in [0.15, 0.2) is 53.7 Å². The van der Waals surface area contributed by atoms with Crippen molar-refractivity contribution in [3.05, 3.63) is 53.8 Å². The monoisotopic (exact) mass is 395 g/mol. The van der Waals surface area contributed by atoms with E-state index in [1.165, 1.54) is 22.8 Å². The number of aromatic nitrogens is 1. The van der Waals surface area contributed by atoms with Crippen molar-refractivity contribution in [2.24, 2.45) is 0 Å². The van der Waals surface area contributed by atoms with Crippen molar-refractivity contribution in [3.8, 4) is 5.75 Å². The Kier molecular flexibility index (Phi) is 5.75. The zero-order chi connectivity index (χ0) is 18.6. The van der Waals surface area contributed by atoms with Crippen molar-refractivity contribution in [1.82, 2.24) is 14.2 Å². The molecule has 138 valence electrons. The van der Waals surface area contributed by atoms with Crippen LogP contribution in [0.2, 0.25) is 5.02 Å². The van der Waals surface area contributed by atoms with E-state index in [1.54, 1.807) is 35.2 Å². The van der Waals surface area contributed by atoms with Gasteiger partial charge in [0.1, 0.15) is 10.6 Å². The Labute approximate surface area is 157 Å². The molecule has 1 aliphatic rings. The molecule has 1 saturated heterocycles. The standard InChI is InChI=1S/C17H18ClN3O4S/c18-15-5-1-2-6-16(15)25-13-17(22)20-8-10-21(11-9-20)26(23,24)14-4-3-7-19-12-14/h1-7,12H,8-11,13H2. The summed E-state index contributed by atoms with van der Waals surface area (Å²) in [5.41, 5.74) is 0. The summed E-state index contributed by atoms with van der Waals surface area (Å²) in [5, 5.41) is 0.438. The molecule has 1 fully saturated rings. The molecular formula is C17H18ClN3O4S. The highest BCUT2D eigenvalue weighted by atomic mass is 35.5. The van der Waals surface area contributed by atoms with E-state index < -0.39 is 10.0 Å². The van der Waals surface area contributed by atoms with Crippen molar-refractivity contribution in [2.75, 3.05) is 32.8 Å². The van der Waals surface area contributed by atoms with Gasteiger partial charge in [0.05, 0.1) is 5.02 Å². The lowest BCUT2D eigenvalue weighted by molar-refractivity contribution is -0.134. The maximum Gasteiger partial charge on any atom is 0.260 e. The third-order valence-electron chi connectivity index (χ3n) is 4.05. The van der Waals surface area contributed by atoms with E-state index >= 15 is 0 Å². The number of sulfonamides is 1.